The monoisotopic (exact) mass is 472 g/mol. The maximum Gasteiger partial charge on any atom is 0.242 e. The average molecular weight is 473 g/mol. The highest BCUT2D eigenvalue weighted by Gasteiger charge is 2.30. The SMILES string of the molecule is CNC(=O)[C@@H](Cc1ccccc1)N(Cc1ccc(Cl)cc1)C(=O)Cc1c(F)cccc1Cl. The van der Waals surface area contributed by atoms with Gasteiger partial charge in [-0.3, -0.25) is 9.59 Å². The van der Waals surface area contributed by atoms with Gasteiger partial charge in [0.05, 0.1) is 6.42 Å². The molecule has 0 heterocycles. The summed E-state index contributed by atoms with van der Waals surface area (Å²) < 4.78 is 14.4. The van der Waals surface area contributed by atoms with E-state index in [4.69, 9.17) is 23.2 Å². The van der Waals surface area contributed by atoms with Crippen LogP contribution in [0.2, 0.25) is 10.0 Å². The van der Waals surface area contributed by atoms with E-state index in [0.29, 0.717) is 11.4 Å². The molecule has 1 N–H and O–H groups in total. The van der Waals surface area contributed by atoms with Gasteiger partial charge < -0.3 is 10.2 Å². The van der Waals surface area contributed by atoms with E-state index in [1.165, 1.54) is 30.1 Å². The van der Waals surface area contributed by atoms with Crippen LogP contribution in [0, 0.1) is 5.82 Å². The molecule has 3 rings (SSSR count). The maximum atomic E-state index is 14.4. The standard InChI is InChI=1S/C25H23Cl2FN2O2/c1-29-25(32)23(14-17-6-3-2-4-7-17)30(16-18-10-12-19(26)13-11-18)24(31)15-20-21(27)8-5-9-22(20)28/h2-13,23H,14-16H2,1H3,(H,29,32)/t23-/m1/s1. The van der Waals surface area contributed by atoms with Gasteiger partial charge in [-0.15, -0.1) is 0 Å². The fraction of sp³-hybridized carbons (Fsp3) is 0.200. The number of nitrogens with zero attached hydrogens (tertiary/aromatic N) is 1. The van der Waals surface area contributed by atoms with Crippen molar-refractivity contribution in [3.63, 3.8) is 0 Å². The molecule has 0 saturated carbocycles. The van der Waals surface area contributed by atoms with E-state index in [1.54, 1.807) is 24.3 Å². The molecule has 0 aliphatic carbocycles. The Morgan fingerprint density at radius 3 is 2.25 bits per heavy atom. The number of amides is 2. The van der Waals surface area contributed by atoms with Gasteiger partial charge in [0.2, 0.25) is 11.8 Å². The van der Waals surface area contributed by atoms with Crippen LogP contribution >= 0.6 is 23.2 Å². The van der Waals surface area contributed by atoms with Crippen molar-refractivity contribution in [1.29, 1.82) is 0 Å². The first-order valence-electron chi connectivity index (χ1n) is 10.1. The van der Waals surface area contributed by atoms with Crippen LogP contribution in [0.5, 0.6) is 0 Å². The molecule has 2 amide bonds. The zero-order chi connectivity index (χ0) is 23.1. The second-order valence-electron chi connectivity index (χ2n) is 7.34. The average Bonchev–Trinajstić information content (AvgIpc) is 2.80. The summed E-state index contributed by atoms with van der Waals surface area (Å²) in [6.45, 7) is 0.160. The van der Waals surface area contributed by atoms with E-state index >= 15 is 0 Å². The number of carbonyl (C=O) groups excluding carboxylic acids is 2. The van der Waals surface area contributed by atoms with Crippen molar-refractivity contribution in [2.75, 3.05) is 7.05 Å². The smallest absolute Gasteiger partial charge is 0.242 e. The van der Waals surface area contributed by atoms with Gasteiger partial charge in [0.1, 0.15) is 11.9 Å². The second-order valence-corrected chi connectivity index (χ2v) is 8.19. The molecule has 32 heavy (non-hydrogen) atoms. The summed E-state index contributed by atoms with van der Waals surface area (Å²) in [6.07, 6.45) is 0.0478. The summed E-state index contributed by atoms with van der Waals surface area (Å²) in [5.41, 5.74) is 1.80. The fourth-order valence-corrected chi connectivity index (χ4v) is 3.82. The van der Waals surface area contributed by atoms with Crippen LogP contribution in [-0.4, -0.2) is 29.8 Å². The number of likely N-dealkylation sites (N-methyl/N-ethyl adjacent to an activating group) is 1. The molecule has 166 valence electrons. The lowest BCUT2D eigenvalue weighted by atomic mass is 10.0. The number of carbonyl (C=O) groups is 2. The number of benzene rings is 3. The number of rotatable bonds is 8. The van der Waals surface area contributed by atoms with E-state index < -0.39 is 17.8 Å². The minimum atomic E-state index is -0.795. The molecule has 0 saturated heterocycles. The third-order valence-electron chi connectivity index (χ3n) is 5.17. The van der Waals surface area contributed by atoms with E-state index in [0.717, 1.165) is 11.1 Å². The third kappa shape index (κ3) is 6.09. The van der Waals surface area contributed by atoms with Gasteiger partial charge in [-0.2, -0.15) is 0 Å². The van der Waals surface area contributed by atoms with E-state index in [9.17, 15) is 14.0 Å². The van der Waals surface area contributed by atoms with Crippen LogP contribution in [-0.2, 0) is 29.0 Å². The molecule has 4 nitrogen and oxygen atoms in total. The normalized spacial score (nSPS) is 11.6. The Kier molecular flexibility index (Phi) is 8.26. The Balaban J connectivity index is 1.97. The Hall–Kier alpha value is -2.89. The molecule has 0 bridgehead atoms. The highest BCUT2D eigenvalue weighted by atomic mass is 35.5. The quantitative estimate of drug-likeness (QED) is 0.497. The molecule has 0 radical (unpaired) electrons. The molecule has 0 aliphatic rings. The van der Waals surface area contributed by atoms with Crippen LogP contribution in [0.1, 0.15) is 16.7 Å². The summed E-state index contributed by atoms with van der Waals surface area (Å²) in [7, 11) is 1.53. The highest BCUT2D eigenvalue weighted by molar-refractivity contribution is 6.31. The van der Waals surface area contributed by atoms with Crippen LogP contribution in [0.15, 0.2) is 72.8 Å². The molecule has 0 spiro atoms. The van der Waals surface area contributed by atoms with Gasteiger partial charge >= 0.3 is 0 Å². The highest BCUT2D eigenvalue weighted by Crippen LogP contribution is 2.23. The van der Waals surface area contributed by atoms with Crippen LogP contribution < -0.4 is 5.32 Å². The molecule has 7 heteroatoms. The molecule has 0 unspecified atom stereocenters. The lowest BCUT2D eigenvalue weighted by Crippen LogP contribution is -2.50. The lowest BCUT2D eigenvalue weighted by Gasteiger charge is -2.31. The minimum Gasteiger partial charge on any atom is -0.357 e. The molecule has 0 aromatic heterocycles. The first kappa shape index (κ1) is 23.8. The second kappa shape index (κ2) is 11.1. The van der Waals surface area contributed by atoms with Crippen LogP contribution in [0.4, 0.5) is 4.39 Å². The van der Waals surface area contributed by atoms with Crippen LogP contribution in [0.25, 0.3) is 0 Å². The Morgan fingerprint density at radius 1 is 0.938 bits per heavy atom. The summed E-state index contributed by atoms with van der Waals surface area (Å²) >= 11 is 12.1. The van der Waals surface area contributed by atoms with Crippen molar-refractivity contribution in [3.8, 4) is 0 Å². The van der Waals surface area contributed by atoms with E-state index in [-0.39, 0.29) is 29.5 Å². The number of halogens is 3. The molecule has 3 aromatic carbocycles. The number of hydrogen-bond donors (Lipinski definition) is 1. The topological polar surface area (TPSA) is 49.4 Å². The third-order valence-corrected chi connectivity index (χ3v) is 5.78. The Bertz CT molecular complexity index is 1050. The van der Waals surface area contributed by atoms with Crippen LogP contribution in [0.3, 0.4) is 0 Å². The summed E-state index contributed by atoms with van der Waals surface area (Å²) in [5, 5.41) is 3.39. The van der Waals surface area contributed by atoms with Crippen molar-refractivity contribution >= 4 is 35.0 Å². The van der Waals surface area contributed by atoms with Gasteiger partial charge in [0.25, 0.3) is 0 Å². The zero-order valence-electron chi connectivity index (χ0n) is 17.5. The van der Waals surface area contributed by atoms with Crippen molar-refractivity contribution < 1.29 is 14.0 Å². The van der Waals surface area contributed by atoms with Crippen molar-refractivity contribution in [2.24, 2.45) is 0 Å². The first-order valence-corrected chi connectivity index (χ1v) is 10.9. The van der Waals surface area contributed by atoms with Gasteiger partial charge in [-0.25, -0.2) is 4.39 Å². The summed E-state index contributed by atoms with van der Waals surface area (Å²) in [4.78, 5) is 27.8. The number of hydrogen-bond acceptors (Lipinski definition) is 2. The molecule has 0 fully saturated rings. The zero-order valence-corrected chi connectivity index (χ0v) is 19.0. The largest absolute Gasteiger partial charge is 0.357 e. The summed E-state index contributed by atoms with van der Waals surface area (Å²) in [5.74, 6) is -1.27. The Morgan fingerprint density at radius 2 is 1.62 bits per heavy atom. The van der Waals surface area contributed by atoms with Gasteiger partial charge in [-0.1, -0.05) is 71.7 Å². The molecule has 0 aliphatic heterocycles. The van der Waals surface area contributed by atoms with Crippen molar-refractivity contribution in [2.45, 2.75) is 25.4 Å². The van der Waals surface area contributed by atoms with Gasteiger partial charge in [0, 0.05) is 35.6 Å². The maximum absolute atomic E-state index is 14.4. The van der Waals surface area contributed by atoms with Crippen molar-refractivity contribution in [1.82, 2.24) is 10.2 Å². The lowest BCUT2D eigenvalue weighted by molar-refractivity contribution is -0.140. The number of nitrogens with one attached hydrogen (secondary N) is 1. The first-order chi connectivity index (χ1) is 15.4. The van der Waals surface area contributed by atoms with Gasteiger partial charge in [0.15, 0.2) is 0 Å². The Labute approximate surface area is 197 Å². The van der Waals surface area contributed by atoms with Crippen molar-refractivity contribution in [3.05, 3.63) is 105 Å². The van der Waals surface area contributed by atoms with E-state index in [1.807, 2.05) is 30.3 Å². The predicted octanol–water partition coefficient (Wildman–Crippen LogP) is 5.06. The molecule has 3 aromatic rings. The molecule has 1 atom stereocenters. The molecular weight excluding hydrogens is 450 g/mol. The molecular formula is C25H23Cl2FN2O2. The fourth-order valence-electron chi connectivity index (χ4n) is 3.46. The van der Waals surface area contributed by atoms with E-state index in [2.05, 4.69) is 5.32 Å². The summed E-state index contributed by atoms with van der Waals surface area (Å²) in [6, 6.07) is 20.0. The minimum absolute atomic E-state index is 0.107. The predicted molar refractivity (Wildman–Crippen MR) is 125 cm³/mol. The van der Waals surface area contributed by atoms with Gasteiger partial charge in [-0.05, 0) is 35.4 Å².